The molecule has 2 aliphatic rings. The van der Waals surface area contributed by atoms with E-state index in [1.807, 2.05) is 0 Å². The van der Waals surface area contributed by atoms with Crippen LogP contribution in [0.15, 0.2) is 30.3 Å². The Hall–Kier alpha value is -2.93. The molecule has 0 aromatic heterocycles. The van der Waals surface area contributed by atoms with Crippen molar-refractivity contribution in [2.24, 2.45) is 0 Å². The molecule has 0 amide bonds. The Morgan fingerprint density at radius 3 is 2.88 bits per heavy atom. The standard InChI is InChI=1S/C18H13FO6/c19-11-1-2-15-12(5-11)14(20)6-16(25-15)13-4-9(18(21)22)3-10-7-23-8-24-17(10)13/h1-5,16H,6-8H2,(H,21,22). The van der Waals surface area contributed by atoms with Gasteiger partial charge in [-0.05, 0) is 30.3 Å². The van der Waals surface area contributed by atoms with Crippen LogP contribution in [0.1, 0.15) is 44.4 Å². The van der Waals surface area contributed by atoms with Crippen molar-refractivity contribution in [3.63, 3.8) is 0 Å². The summed E-state index contributed by atoms with van der Waals surface area (Å²) >= 11 is 0. The van der Waals surface area contributed by atoms with E-state index in [-0.39, 0.29) is 42.5 Å². The molecular formula is C18H13FO6. The van der Waals surface area contributed by atoms with E-state index in [1.54, 1.807) is 0 Å². The molecule has 2 aromatic carbocycles. The molecule has 25 heavy (non-hydrogen) atoms. The van der Waals surface area contributed by atoms with Crippen LogP contribution in [0.25, 0.3) is 0 Å². The molecule has 1 N–H and O–H groups in total. The number of fused-ring (bicyclic) bond motifs is 2. The molecule has 6 nitrogen and oxygen atoms in total. The first-order chi connectivity index (χ1) is 12.0. The van der Waals surface area contributed by atoms with Crippen molar-refractivity contribution < 1.29 is 33.3 Å². The van der Waals surface area contributed by atoms with Crippen molar-refractivity contribution in [1.29, 1.82) is 0 Å². The molecule has 4 rings (SSSR count). The molecule has 0 saturated heterocycles. The maximum Gasteiger partial charge on any atom is 0.335 e. The minimum atomic E-state index is -1.10. The Bertz CT molecular complexity index is 891. The predicted octanol–water partition coefficient (Wildman–Crippen LogP) is 3.10. The third-order valence-electron chi connectivity index (χ3n) is 4.21. The van der Waals surface area contributed by atoms with Crippen molar-refractivity contribution in [2.75, 3.05) is 6.79 Å². The highest BCUT2D eigenvalue weighted by atomic mass is 19.1. The van der Waals surface area contributed by atoms with Gasteiger partial charge < -0.3 is 19.3 Å². The van der Waals surface area contributed by atoms with E-state index in [1.165, 1.54) is 24.3 Å². The Labute approximate surface area is 141 Å². The number of aromatic carboxylic acids is 1. The van der Waals surface area contributed by atoms with Crippen LogP contribution in [0, 0.1) is 5.82 Å². The SMILES string of the molecule is O=C(O)c1cc2c(c(C3CC(=O)c4cc(F)ccc4O3)c1)OCOC2. The lowest BCUT2D eigenvalue weighted by molar-refractivity contribution is -0.0184. The van der Waals surface area contributed by atoms with E-state index in [0.29, 0.717) is 16.9 Å². The zero-order valence-electron chi connectivity index (χ0n) is 13.0. The van der Waals surface area contributed by atoms with Gasteiger partial charge in [-0.15, -0.1) is 0 Å². The number of Topliss-reactive ketones (excluding diaryl/α,β-unsaturated/α-hetero) is 1. The average Bonchev–Trinajstić information content (AvgIpc) is 2.61. The fourth-order valence-electron chi connectivity index (χ4n) is 3.08. The van der Waals surface area contributed by atoms with Crippen molar-refractivity contribution in [2.45, 2.75) is 19.1 Å². The third kappa shape index (κ3) is 2.72. The second-order valence-electron chi connectivity index (χ2n) is 5.84. The molecule has 1 atom stereocenters. The highest BCUT2D eigenvalue weighted by Gasteiger charge is 2.32. The van der Waals surface area contributed by atoms with Gasteiger partial charge in [0.05, 0.1) is 24.2 Å². The van der Waals surface area contributed by atoms with Gasteiger partial charge >= 0.3 is 5.97 Å². The lowest BCUT2D eigenvalue weighted by Gasteiger charge is -2.29. The normalized spacial score (nSPS) is 18.6. The van der Waals surface area contributed by atoms with Crippen LogP contribution >= 0.6 is 0 Å². The second kappa shape index (κ2) is 5.86. The van der Waals surface area contributed by atoms with Crippen molar-refractivity contribution in [1.82, 2.24) is 0 Å². The minimum Gasteiger partial charge on any atom is -0.484 e. The Morgan fingerprint density at radius 2 is 2.08 bits per heavy atom. The fraction of sp³-hybridized carbons (Fsp3) is 0.222. The Morgan fingerprint density at radius 1 is 1.24 bits per heavy atom. The summed E-state index contributed by atoms with van der Waals surface area (Å²) in [5.74, 6) is -1.14. The molecule has 2 heterocycles. The molecule has 2 aliphatic heterocycles. The first-order valence-corrected chi connectivity index (χ1v) is 7.63. The van der Waals surface area contributed by atoms with Crippen LogP contribution < -0.4 is 9.47 Å². The second-order valence-corrected chi connectivity index (χ2v) is 5.84. The zero-order valence-corrected chi connectivity index (χ0v) is 13.0. The number of carboxylic acid groups (broad SMARTS) is 1. The number of carbonyl (C=O) groups is 2. The summed E-state index contributed by atoms with van der Waals surface area (Å²) in [4.78, 5) is 23.8. The smallest absolute Gasteiger partial charge is 0.335 e. The van der Waals surface area contributed by atoms with Gasteiger partial charge in [0, 0.05) is 11.1 Å². The van der Waals surface area contributed by atoms with E-state index in [9.17, 15) is 19.1 Å². The minimum absolute atomic E-state index is 0.0316. The molecule has 2 aromatic rings. The fourth-order valence-corrected chi connectivity index (χ4v) is 3.08. The van der Waals surface area contributed by atoms with Gasteiger partial charge in [-0.25, -0.2) is 9.18 Å². The molecule has 0 aliphatic carbocycles. The summed E-state index contributed by atoms with van der Waals surface area (Å²) in [6, 6.07) is 6.67. The maximum absolute atomic E-state index is 13.3. The zero-order chi connectivity index (χ0) is 17.6. The molecule has 1 unspecified atom stereocenters. The maximum atomic E-state index is 13.3. The topological polar surface area (TPSA) is 82.1 Å². The number of hydrogen-bond donors (Lipinski definition) is 1. The van der Waals surface area contributed by atoms with Gasteiger partial charge in [0.25, 0.3) is 0 Å². The summed E-state index contributed by atoms with van der Waals surface area (Å²) in [6.07, 6.45) is -0.743. The highest BCUT2D eigenvalue weighted by Crippen LogP contribution is 2.41. The molecular weight excluding hydrogens is 331 g/mol. The molecule has 0 bridgehead atoms. The van der Waals surface area contributed by atoms with Crippen LogP contribution in [-0.4, -0.2) is 23.7 Å². The number of hydrogen-bond acceptors (Lipinski definition) is 5. The lowest BCUT2D eigenvalue weighted by atomic mass is 9.93. The van der Waals surface area contributed by atoms with Gasteiger partial charge in [-0.3, -0.25) is 4.79 Å². The molecule has 0 radical (unpaired) electrons. The van der Waals surface area contributed by atoms with E-state index in [4.69, 9.17) is 14.2 Å². The Balaban J connectivity index is 1.79. The lowest BCUT2D eigenvalue weighted by Crippen LogP contribution is -2.23. The first kappa shape index (κ1) is 15.6. The van der Waals surface area contributed by atoms with Gasteiger partial charge in [0.1, 0.15) is 23.4 Å². The quantitative estimate of drug-likeness (QED) is 0.901. The first-order valence-electron chi connectivity index (χ1n) is 7.63. The largest absolute Gasteiger partial charge is 0.484 e. The van der Waals surface area contributed by atoms with E-state index in [2.05, 4.69) is 0 Å². The van der Waals surface area contributed by atoms with E-state index < -0.39 is 17.9 Å². The summed E-state index contributed by atoms with van der Waals surface area (Å²) in [5, 5.41) is 9.32. The Kier molecular flexibility index (Phi) is 3.65. The van der Waals surface area contributed by atoms with Crippen LogP contribution in [0.3, 0.4) is 0 Å². The molecule has 0 fully saturated rings. The van der Waals surface area contributed by atoms with Crippen LogP contribution in [0.4, 0.5) is 4.39 Å². The number of halogens is 1. The van der Waals surface area contributed by atoms with Gasteiger partial charge in [0.2, 0.25) is 0 Å². The van der Waals surface area contributed by atoms with Crippen LogP contribution in [0.5, 0.6) is 11.5 Å². The number of ketones is 1. The number of carboxylic acids is 1. The summed E-state index contributed by atoms with van der Waals surface area (Å²) in [5.41, 5.74) is 1.30. The number of ether oxygens (including phenoxy) is 3. The van der Waals surface area contributed by atoms with Crippen molar-refractivity contribution in [3.05, 3.63) is 58.4 Å². The van der Waals surface area contributed by atoms with E-state index >= 15 is 0 Å². The highest BCUT2D eigenvalue weighted by molar-refractivity contribution is 6.00. The summed E-state index contributed by atoms with van der Waals surface area (Å²) in [6.45, 7) is 0.251. The van der Waals surface area contributed by atoms with Crippen molar-refractivity contribution >= 4 is 11.8 Å². The number of rotatable bonds is 2. The van der Waals surface area contributed by atoms with Crippen LogP contribution in [-0.2, 0) is 11.3 Å². The van der Waals surface area contributed by atoms with Crippen molar-refractivity contribution in [3.8, 4) is 11.5 Å². The third-order valence-corrected chi connectivity index (χ3v) is 4.21. The predicted molar refractivity (Wildman–Crippen MR) is 82.4 cm³/mol. The van der Waals surface area contributed by atoms with E-state index in [0.717, 1.165) is 6.07 Å². The van der Waals surface area contributed by atoms with Gasteiger partial charge in [-0.2, -0.15) is 0 Å². The monoisotopic (exact) mass is 344 g/mol. The average molecular weight is 344 g/mol. The number of benzene rings is 2. The van der Waals surface area contributed by atoms with Crippen LogP contribution in [0.2, 0.25) is 0 Å². The molecule has 7 heteroatoms. The van der Waals surface area contributed by atoms with Gasteiger partial charge in [0.15, 0.2) is 12.6 Å². The molecule has 0 saturated carbocycles. The summed E-state index contributed by atoms with van der Waals surface area (Å²) in [7, 11) is 0. The summed E-state index contributed by atoms with van der Waals surface area (Å²) < 4.78 is 29.9. The molecule has 0 spiro atoms. The van der Waals surface area contributed by atoms with Gasteiger partial charge in [-0.1, -0.05) is 0 Å². The number of carbonyl (C=O) groups excluding carboxylic acids is 1. The molecule has 128 valence electrons.